The minimum atomic E-state index is -0.898. The highest BCUT2D eigenvalue weighted by Gasteiger charge is 2.19. The monoisotopic (exact) mass is 301 g/mol. The second-order valence-corrected chi connectivity index (χ2v) is 5.21. The summed E-state index contributed by atoms with van der Waals surface area (Å²) in [6, 6.07) is 13.2. The molecule has 21 heavy (non-hydrogen) atoms. The van der Waals surface area contributed by atoms with Crippen molar-refractivity contribution in [2.45, 2.75) is 19.6 Å². The predicted octanol–water partition coefficient (Wildman–Crippen LogP) is 4.18. The van der Waals surface area contributed by atoms with E-state index in [1.165, 1.54) is 0 Å². The molecule has 1 unspecified atom stereocenters. The molecule has 0 amide bonds. The molecule has 4 heteroatoms. The van der Waals surface area contributed by atoms with Gasteiger partial charge in [-0.2, -0.15) is 0 Å². The van der Waals surface area contributed by atoms with E-state index in [0.717, 1.165) is 11.1 Å². The number of nitrogens with zero attached hydrogens (tertiary/aromatic N) is 1. The van der Waals surface area contributed by atoms with E-state index in [1.807, 2.05) is 37.3 Å². The van der Waals surface area contributed by atoms with Gasteiger partial charge in [0.05, 0.1) is 0 Å². The molecule has 2 aromatic carbocycles. The fourth-order valence-corrected chi connectivity index (χ4v) is 2.40. The molecular weight excluding hydrogens is 286 g/mol. The van der Waals surface area contributed by atoms with Crippen LogP contribution in [0.15, 0.2) is 42.5 Å². The first kappa shape index (κ1) is 15.4. The normalized spacial score (nSPS) is 11.7. The third-order valence-electron chi connectivity index (χ3n) is 3.12. The average molecular weight is 302 g/mol. The number of aliphatic hydroxyl groups excluding tert-OH is 1. The molecule has 0 radical (unpaired) electrons. The maximum atomic E-state index is 10.1. The quantitative estimate of drug-likeness (QED) is 0.841. The lowest BCUT2D eigenvalue weighted by molar-refractivity contribution is 0.186. The lowest BCUT2D eigenvalue weighted by Crippen LogP contribution is -2.06. The summed E-state index contributed by atoms with van der Waals surface area (Å²) in [6.07, 6.45) is -0.898. The summed E-state index contributed by atoms with van der Waals surface area (Å²) in [4.78, 5) is 3.23. The van der Waals surface area contributed by atoms with Crippen molar-refractivity contribution in [3.05, 3.63) is 75.6 Å². The lowest BCUT2D eigenvalue weighted by Gasteiger charge is -2.16. The number of halogens is 1. The molecule has 0 aliphatic rings. The maximum Gasteiger partial charge on any atom is 0.244 e. The third kappa shape index (κ3) is 3.98. The summed E-state index contributed by atoms with van der Waals surface area (Å²) >= 11 is 6.04. The molecule has 0 spiro atoms. The van der Waals surface area contributed by atoms with Crippen LogP contribution < -0.4 is 4.74 Å². The van der Waals surface area contributed by atoms with Crippen LogP contribution in [0.3, 0.4) is 0 Å². The molecule has 0 fully saturated rings. The van der Waals surface area contributed by atoms with E-state index in [1.54, 1.807) is 12.1 Å². The van der Waals surface area contributed by atoms with E-state index in [9.17, 15) is 5.11 Å². The highest BCUT2D eigenvalue weighted by molar-refractivity contribution is 6.30. The Morgan fingerprint density at radius 2 is 2.00 bits per heavy atom. The fraction of sp³-hybridized carbons (Fsp3) is 0.235. The summed E-state index contributed by atoms with van der Waals surface area (Å²) in [5.41, 5.74) is 2.45. The first-order chi connectivity index (χ1) is 10.1. The van der Waals surface area contributed by atoms with Gasteiger partial charge in [0.15, 0.2) is 6.10 Å². The molecule has 0 aliphatic carbocycles. The first-order valence-corrected chi connectivity index (χ1v) is 6.97. The Morgan fingerprint density at radius 3 is 2.67 bits per heavy atom. The van der Waals surface area contributed by atoms with Crippen LogP contribution in [0.2, 0.25) is 5.02 Å². The summed E-state index contributed by atoms with van der Waals surface area (Å²) in [5.74, 6) is 0.597. The second-order valence-electron chi connectivity index (χ2n) is 4.77. The summed E-state index contributed by atoms with van der Waals surface area (Å²) in [7, 11) is 0. The van der Waals surface area contributed by atoms with E-state index in [0.29, 0.717) is 22.9 Å². The van der Waals surface area contributed by atoms with Gasteiger partial charge in [0, 0.05) is 10.6 Å². The highest BCUT2D eigenvalue weighted by Crippen LogP contribution is 2.33. The van der Waals surface area contributed by atoms with Gasteiger partial charge in [-0.05, 0) is 30.2 Å². The second kappa shape index (κ2) is 7.12. The molecule has 0 saturated heterocycles. The van der Waals surface area contributed by atoms with Crippen LogP contribution in [0.4, 0.5) is 0 Å². The van der Waals surface area contributed by atoms with Crippen LogP contribution in [0.25, 0.3) is 4.85 Å². The van der Waals surface area contributed by atoms with Crippen molar-refractivity contribution < 1.29 is 9.84 Å². The highest BCUT2D eigenvalue weighted by atomic mass is 35.5. The Morgan fingerprint density at radius 1 is 1.29 bits per heavy atom. The van der Waals surface area contributed by atoms with Crippen LogP contribution >= 0.6 is 11.6 Å². The number of ether oxygens (including phenoxy) is 1. The number of hydrogen-bond acceptors (Lipinski definition) is 2. The van der Waals surface area contributed by atoms with Crippen LogP contribution in [0.5, 0.6) is 5.75 Å². The number of rotatable bonds is 5. The van der Waals surface area contributed by atoms with Gasteiger partial charge in [-0.25, -0.2) is 6.57 Å². The van der Waals surface area contributed by atoms with Crippen molar-refractivity contribution in [3.8, 4) is 5.75 Å². The first-order valence-electron chi connectivity index (χ1n) is 6.60. The fourth-order valence-electron chi connectivity index (χ4n) is 2.12. The van der Waals surface area contributed by atoms with Gasteiger partial charge in [0.1, 0.15) is 12.4 Å². The Labute approximate surface area is 129 Å². The van der Waals surface area contributed by atoms with Gasteiger partial charge in [0.2, 0.25) is 6.54 Å². The molecule has 0 saturated carbocycles. The van der Waals surface area contributed by atoms with E-state index < -0.39 is 6.10 Å². The molecule has 1 atom stereocenters. The largest absolute Gasteiger partial charge is 0.488 e. The molecule has 2 rings (SSSR count). The summed E-state index contributed by atoms with van der Waals surface area (Å²) in [6.45, 7) is 9.15. The third-order valence-corrected chi connectivity index (χ3v) is 3.34. The van der Waals surface area contributed by atoms with Crippen LogP contribution in [-0.2, 0) is 6.61 Å². The topological polar surface area (TPSA) is 33.8 Å². The zero-order valence-electron chi connectivity index (χ0n) is 11.7. The van der Waals surface area contributed by atoms with Crippen LogP contribution in [0.1, 0.15) is 22.8 Å². The number of hydrogen-bond donors (Lipinski definition) is 1. The molecular formula is C17H16ClNO2. The van der Waals surface area contributed by atoms with Crippen molar-refractivity contribution in [3.63, 3.8) is 0 Å². The zero-order chi connectivity index (χ0) is 15.2. The summed E-state index contributed by atoms with van der Waals surface area (Å²) < 4.78 is 5.85. The minimum Gasteiger partial charge on any atom is -0.488 e. The molecule has 2 aromatic rings. The van der Waals surface area contributed by atoms with Gasteiger partial charge >= 0.3 is 0 Å². The summed E-state index contributed by atoms with van der Waals surface area (Å²) in [5, 5.41) is 10.6. The van der Waals surface area contributed by atoms with Gasteiger partial charge < -0.3 is 14.7 Å². The van der Waals surface area contributed by atoms with Gasteiger partial charge in [0.25, 0.3) is 0 Å². The van der Waals surface area contributed by atoms with E-state index in [4.69, 9.17) is 22.9 Å². The Kier molecular flexibility index (Phi) is 5.21. The van der Waals surface area contributed by atoms with Gasteiger partial charge in [-0.3, -0.25) is 0 Å². The smallest absolute Gasteiger partial charge is 0.244 e. The minimum absolute atomic E-state index is 0.0124. The molecule has 108 valence electrons. The molecule has 0 aromatic heterocycles. The van der Waals surface area contributed by atoms with Crippen molar-refractivity contribution >= 4 is 11.6 Å². The average Bonchev–Trinajstić information content (AvgIpc) is 2.47. The van der Waals surface area contributed by atoms with Crippen molar-refractivity contribution in [1.82, 2.24) is 0 Å². The molecule has 3 nitrogen and oxygen atoms in total. The SMILES string of the molecule is [C-]#[N+]CC(O)c1cc(Cl)cc(C)c1OCc1ccccc1. The van der Waals surface area contributed by atoms with Crippen molar-refractivity contribution in [2.24, 2.45) is 0 Å². The van der Waals surface area contributed by atoms with Gasteiger partial charge in [-0.15, -0.1) is 0 Å². The van der Waals surface area contributed by atoms with E-state index >= 15 is 0 Å². The standard InChI is InChI=1S/C17H16ClNO2/c1-12-8-14(18)9-15(16(20)10-19-2)17(12)21-11-13-6-4-3-5-7-13/h3-9,16,20H,10-11H2,1H3. The Bertz CT molecular complexity index is 650. The van der Waals surface area contributed by atoms with Crippen molar-refractivity contribution in [1.29, 1.82) is 0 Å². The molecule has 0 heterocycles. The molecule has 1 N–H and O–H groups in total. The van der Waals surface area contributed by atoms with Crippen LogP contribution in [-0.4, -0.2) is 11.7 Å². The molecule has 0 aliphatic heterocycles. The van der Waals surface area contributed by atoms with Crippen LogP contribution in [0, 0.1) is 13.5 Å². The van der Waals surface area contributed by atoms with E-state index in [2.05, 4.69) is 4.85 Å². The predicted molar refractivity (Wildman–Crippen MR) is 83.4 cm³/mol. The molecule has 0 bridgehead atoms. The van der Waals surface area contributed by atoms with Crippen molar-refractivity contribution in [2.75, 3.05) is 6.54 Å². The number of aryl methyl sites for hydroxylation is 1. The lowest BCUT2D eigenvalue weighted by atomic mass is 10.0. The number of benzene rings is 2. The Hall–Kier alpha value is -2.02. The van der Waals surface area contributed by atoms with Gasteiger partial charge in [-0.1, -0.05) is 41.9 Å². The number of aliphatic hydroxyl groups is 1. The maximum absolute atomic E-state index is 10.1. The van der Waals surface area contributed by atoms with E-state index in [-0.39, 0.29) is 6.54 Å². The Balaban J connectivity index is 2.27. The zero-order valence-corrected chi connectivity index (χ0v) is 12.5.